The Balaban J connectivity index is 1.34. The Bertz CT molecular complexity index is 2350. The van der Waals surface area contributed by atoms with Gasteiger partial charge in [-0.3, -0.25) is 0 Å². The summed E-state index contributed by atoms with van der Waals surface area (Å²) in [6.45, 7) is 22.0. The van der Waals surface area contributed by atoms with E-state index in [-0.39, 0.29) is 27.2 Å². The van der Waals surface area contributed by atoms with Crippen LogP contribution in [0.3, 0.4) is 0 Å². The number of hydrogen-bond donors (Lipinski definition) is 1. The van der Waals surface area contributed by atoms with Crippen molar-refractivity contribution in [2.24, 2.45) is 0 Å². The molecule has 5 aromatic carbocycles. The first kappa shape index (κ1) is 31.5. The highest BCUT2D eigenvalue weighted by molar-refractivity contribution is 6.73. The minimum Gasteiger partial charge on any atom is -0.355 e. The van der Waals surface area contributed by atoms with Gasteiger partial charge in [0, 0.05) is 44.4 Å². The minimum atomic E-state index is -0.126. The molecular formula is C48H50BN2. The van der Waals surface area contributed by atoms with Crippen LogP contribution in [0.15, 0.2) is 84.9 Å². The van der Waals surface area contributed by atoms with E-state index in [1.54, 1.807) is 5.56 Å². The van der Waals surface area contributed by atoms with Gasteiger partial charge in [-0.05, 0) is 87.3 Å². The van der Waals surface area contributed by atoms with E-state index >= 15 is 0 Å². The summed E-state index contributed by atoms with van der Waals surface area (Å²) in [7, 11) is 2.59. The van der Waals surface area contributed by atoms with Crippen LogP contribution >= 0.6 is 0 Å². The van der Waals surface area contributed by atoms with Gasteiger partial charge in [-0.15, -0.1) is 0 Å². The number of anilines is 4. The van der Waals surface area contributed by atoms with E-state index in [0.29, 0.717) is 0 Å². The van der Waals surface area contributed by atoms with Crippen molar-refractivity contribution in [3.63, 3.8) is 0 Å². The lowest BCUT2D eigenvalue weighted by atomic mass is 9.56. The molecule has 0 aromatic heterocycles. The van der Waals surface area contributed by atoms with Gasteiger partial charge in [-0.1, -0.05) is 146 Å². The normalized spacial score (nSPS) is 23.8. The summed E-state index contributed by atoms with van der Waals surface area (Å²) in [6.07, 6.45) is 4.98. The van der Waals surface area contributed by atoms with Gasteiger partial charge in [0.2, 0.25) is 0 Å². The second-order valence-corrected chi connectivity index (χ2v) is 18.8. The highest BCUT2D eigenvalue weighted by Crippen LogP contribution is 2.64. The van der Waals surface area contributed by atoms with Gasteiger partial charge < -0.3 is 10.2 Å². The topological polar surface area (TPSA) is 15.3 Å². The Hall–Kier alpha value is -4.24. The van der Waals surface area contributed by atoms with Crippen molar-refractivity contribution in [1.82, 2.24) is 0 Å². The summed E-state index contributed by atoms with van der Waals surface area (Å²) in [5, 5.41) is 3.99. The van der Waals surface area contributed by atoms with Crippen molar-refractivity contribution in [3.05, 3.63) is 118 Å². The van der Waals surface area contributed by atoms with Crippen LogP contribution in [0.5, 0.6) is 0 Å². The molecule has 2 atom stereocenters. The van der Waals surface area contributed by atoms with E-state index in [9.17, 15) is 0 Å². The van der Waals surface area contributed by atoms with E-state index < -0.39 is 0 Å². The first-order chi connectivity index (χ1) is 24.2. The van der Waals surface area contributed by atoms with Crippen molar-refractivity contribution in [3.8, 4) is 22.3 Å². The number of hydrogen-bond acceptors (Lipinski definition) is 2. The van der Waals surface area contributed by atoms with Crippen molar-refractivity contribution < 1.29 is 0 Å². The lowest BCUT2D eigenvalue weighted by Crippen LogP contribution is -2.57. The van der Waals surface area contributed by atoms with Gasteiger partial charge in [0.05, 0.1) is 11.2 Å². The fourth-order valence-corrected chi connectivity index (χ4v) is 11.2. The Labute approximate surface area is 305 Å². The van der Waals surface area contributed by atoms with Crippen LogP contribution in [0.25, 0.3) is 22.3 Å². The maximum atomic E-state index is 3.99. The third-order valence-electron chi connectivity index (χ3n) is 14.4. The highest BCUT2D eigenvalue weighted by Gasteiger charge is 2.60. The van der Waals surface area contributed by atoms with Gasteiger partial charge in [0.25, 0.3) is 0 Å². The number of nitrogens with zero attached hydrogens (tertiary/aromatic N) is 1. The monoisotopic (exact) mass is 665 g/mol. The number of fused-ring (bicyclic) bond motifs is 11. The molecule has 1 saturated carbocycles. The van der Waals surface area contributed by atoms with Crippen LogP contribution in [-0.2, 0) is 21.7 Å². The van der Waals surface area contributed by atoms with Gasteiger partial charge in [0.1, 0.15) is 0 Å². The molecule has 2 nitrogen and oxygen atoms in total. The Morgan fingerprint density at radius 2 is 1.29 bits per heavy atom. The fourth-order valence-electron chi connectivity index (χ4n) is 11.2. The van der Waals surface area contributed by atoms with Crippen LogP contribution in [0.2, 0.25) is 0 Å². The molecule has 1 fully saturated rings. The Morgan fingerprint density at radius 1 is 0.627 bits per heavy atom. The molecule has 1 N–H and O–H groups in total. The molecule has 0 amide bonds. The van der Waals surface area contributed by atoms with Gasteiger partial charge in [0.15, 0.2) is 7.28 Å². The molecule has 5 aromatic rings. The summed E-state index contributed by atoms with van der Waals surface area (Å²) in [6, 6.07) is 32.9. The second-order valence-electron chi connectivity index (χ2n) is 18.8. The SMILES string of the molecule is CC(C)(C)c1cc2c3c(c1)C1(C)CCCCC1(C)N3c1c(c(-c3cccc4c3Nc3ccccc3C4(C)C)cc3c1-c1ccccc1C3(C)C)[B]2. The standard InChI is InChI=1S/C48H50BN2/c1-44(2,3)28-25-36-42-37(26-28)49-40-31(29-18-16-21-34-41(29)50-38-22-13-12-20-33(38)46(34,6)7)27-35-39(30-17-10-11-19-32(30)45(35,4)5)43(40)51(42)48(9)24-15-14-23-47(36,48)8/h10-13,16-22,25-27,50H,14-15,23-24H2,1-9H3. The number of benzene rings is 5. The third kappa shape index (κ3) is 3.81. The molecule has 51 heavy (non-hydrogen) atoms. The Kier molecular flexibility index (Phi) is 6.05. The van der Waals surface area contributed by atoms with Crippen LogP contribution < -0.4 is 21.1 Å². The second kappa shape index (κ2) is 9.79. The first-order valence-corrected chi connectivity index (χ1v) is 19.3. The third-order valence-corrected chi connectivity index (χ3v) is 14.4. The zero-order valence-electron chi connectivity index (χ0n) is 31.9. The molecule has 2 aliphatic carbocycles. The molecule has 3 heteroatoms. The van der Waals surface area contributed by atoms with Crippen molar-refractivity contribution in [2.75, 3.05) is 10.2 Å². The fraction of sp³-hybridized carbons (Fsp3) is 0.375. The quantitative estimate of drug-likeness (QED) is 0.179. The zero-order valence-corrected chi connectivity index (χ0v) is 31.9. The van der Waals surface area contributed by atoms with E-state index in [2.05, 4.69) is 165 Å². The zero-order chi connectivity index (χ0) is 35.5. The highest BCUT2D eigenvalue weighted by atomic mass is 15.3. The average molecular weight is 666 g/mol. The number of nitrogens with one attached hydrogen (secondary N) is 1. The van der Waals surface area contributed by atoms with E-state index in [4.69, 9.17) is 0 Å². The largest absolute Gasteiger partial charge is 0.355 e. The van der Waals surface area contributed by atoms with Gasteiger partial charge in [-0.2, -0.15) is 0 Å². The summed E-state index contributed by atoms with van der Waals surface area (Å²) >= 11 is 0. The maximum Gasteiger partial charge on any atom is 0.197 e. The average Bonchev–Trinajstić information content (AvgIpc) is 3.46. The number of para-hydroxylation sites is 2. The summed E-state index contributed by atoms with van der Waals surface area (Å²) in [4.78, 5) is 2.90. The molecule has 0 spiro atoms. The summed E-state index contributed by atoms with van der Waals surface area (Å²) in [5.74, 6) is 0. The van der Waals surface area contributed by atoms with E-state index in [1.165, 1.54) is 109 Å². The van der Waals surface area contributed by atoms with Crippen LogP contribution in [0.1, 0.15) is 121 Å². The first-order valence-electron chi connectivity index (χ1n) is 19.3. The lowest BCUT2D eigenvalue weighted by Gasteiger charge is -2.52. The predicted octanol–water partition coefficient (Wildman–Crippen LogP) is 11.1. The smallest absolute Gasteiger partial charge is 0.197 e. The molecule has 0 saturated heterocycles. The Morgan fingerprint density at radius 3 is 2.08 bits per heavy atom. The molecule has 3 aliphatic heterocycles. The minimum absolute atomic E-state index is 0.0365. The van der Waals surface area contributed by atoms with Crippen LogP contribution in [0.4, 0.5) is 22.7 Å². The molecule has 0 bridgehead atoms. The van der Waals surface area contributed by atoms with Crippen LogP contribution in [0, 0.1) is 0 Å². The predicted molar refractivity (Wildman–Crippen MR) is 218 cm³/mol. The van der Waals surface area contributed by atoms with E-state index in [0.717, 1.165) is 0 Å². The van der Waals surface area contributed by atoms with E-state index in [1.807, 2.05) is 0 Å². The van der Waals surface area contributed by atoms with Gasteiger partial charge in [-0.25, -0.2) is 0 Å². The van der Waals surface area contributed by atoms with Gasteiger partial charge >= 0.3 is 0 Å². The molecule has 5 aliphatic rings. The summed E-state index contributed by atoms with van der Waals surface area (Å²) in [5.41, 5.74) is 22.0. The van der Waals surface area contributed by atoms with Crippen molar-refractivity contribution >= 4 is 41.0 Å². The van der Waals surface area contributed by atoms with Crippen molar-refractivity contribution in [2.45, 2.75) is 115 Å². The van der Waals surface area contributed by atoms with Crippen molar-refractivity contribution in [1.29, 1.82) is 0 Å². The summed E-state index contributed by atoms with van der Waals surface area (Å²) < 4.78 is 0. The molecule has 255 valence electrons. The van der Waals surface area contributed by atoms with Crippen LogP contribution in [-0.4, -0.2) is 12.8 Å². The molecule has 3 heterocycles. The molecule has 1 radical (unpaired) electrons. The number of rotatable bonds is 1. The molecule has 10 rings (SSSR count). The lowest BCUT2D eigenvalue weighted by molar-refractivity contribution is 0.195. The maximum absolute atomic E-state index is 3.99. The molecular weight excluding hydrogens is 615 g/mol. The molecule has 2 unspecified atom stereocenters.